The fraction of sp³-hybridized carbons (Fsp3) is 0.173. The van der Waals surface area contributed by atoms with Crippen LogP contribution in [0.1, 0.15) is 54.9 Å². The number of carbonyl (C=O) groups is 1. The number of rotatable bonds is 9. The molecule has 0 radical (unpaired) electrons. The molecule has 0 aromatic heterocycles. The topological polar surface area (TPSA) is 34.1 Å². The van der Waals surface area contributed by atoms with Crippen molar-refractivity contribution in [1.82, 2.24) is 0 Å². The van der Waals surface area contributed by atoms with Crippen molar-refractivity contribution in [3.63, 3.8) is 0 Å². The summed E-state index contributed by atoms with van der Waals surface area (Å²) in [6, 6.07) is 18.7. The number of carbonyl (C=O) groups excluding carboxylic acids is 1. The molecule has 28 heteroatoms. The molecule has 0 atom stereocenters. The van der Waals surface area contributed by atoms with Crippen LogP contribution in [0.5, 0.6) is 0 Å². The maximum atomic E-state index is 14.2. The smallest absolute Gasteiger partial charge is 0.289 e. The maximum Gasteiger partial charge on any atom is 0.416 e. The quantitative estimate of drug-likeness (QED) is 0.0625. The van der Waals surface area contributed by atoms with Crippen LogP contribution < -0.4 is 21.9 Å². The number of alkyl halides is 24. The summed E-state index contributed by atoms with van der Waals surface area (Å²) in [4.78, 5) is 14.0. The molecule has 0 amide bonds. The van der Waals surface area contributed by atoms with Crippen LogP contribution in [0.25, 0.3) is 0 Å². The number of ketones is 1. The van der Waals surface area contributed by atoms with Crippen molar-refractivity contribution >= 4 is 43.7 Å². The van der Waals surface area contributed by atoms with Gasteiger partial charge in [0.2, 0.25) is 5.78 Å². The molecule has 0 fully saturated rings. The number of benzene rings is 7. The van der Waals surface area contributed by atoms with Crippen LogP contribution in [-0.2, 0) is 63.6 Å². The first-order valence-corrected chi connectivity index (χ1v) is 23.7. The summed E-state index contributed by atoms with van der Waals surface area (Å²) >= 11 is 0. The third kappa shape index (κ3) is 13.8. The molecule has 426 valence electrons. The number of hydrogen-bond donors (Lipinski definition) is 0. The first-order valence-electron chi connectivity index (χ1n) is 22.0. The normalized spacial score (nSPS) is 13.4. The van der Waals surface area contributed by atoms with Crippen molar-refractivity contribution in [3.8, 4) is 0 Å². The van der Waals surface area contributed by atoms with Gasteiger partial charge in [0.05, 0.1) is 44.5 Å². The fourth-order valence-corrected chi connectivity index (χ4v) is 10.9. The molecular weight excluding hydrogens is 1160 g/mol. The summed E-state index contributed by atoms with van der Waals surface area (Å²) in [5.41, 5.74) is -29.6. The van der Waals surface area contributed by atoms with E-state index >= 15 is 0 Å². The SMILES string of the molecule is FC(F)(F)c1cc([B-](c2cc(C(F)(F)F)cc(C(F)(F)F)c2)(c2cc(C(F)(F)F)cc(C(F)(F)F)c2)c2cc(C(F)(F)F)cc(C(F)(F)F)c2)cc(C(F)(F)F)c1.O=C(C[S+](=O)(c1ccccc1)c1ccccc1)c1ccccc1. The summed E-state index contributed by atoms with van der Waals surface area (Å²) in [7, 11) is -2.64. The summed E-state index contributed by atoms with van der Waals surface area (Å²) in [6.07, 6.45) is -54.8. The van der Waals surface area contributed by atoms with E-state index in [1.807, 2.05) is 78.9 Å². The van der Waals surface area contributed by atoms with Gasteiger partial charge in [-0.15, -0.1) is 0 Å². The van der Waals surface area contributed by atoms with Gasteiger partial charge in [0.25, 0.3) is 0 Å². The first-order chi connectivity index (χ1) is 36.5. The number of halogens is 24. The van der Waals surface area contributed by atoms with Gasteiger partial charge in [-0.25, -0.2) is 0 Å². The molecule has 0 bridgehead atoms. The molecule has 0 heterocycles. The molecule has 2 nitrogen and oxygen atoms in total. The molecule has 7 aromatic carbocycles. The molecule has 0 aliphatic heterocycles. The van der Waals surface area contributed by atoms with E-state index < -0.39 is 205 Å². The Morgan fingerprint density at radius 3 is 0.675 bits per heavy atom. The van der Waals surface area contributed by atoms with Crippen LogP contribution in [0.3, 0.4) is 0 Å². The summed E-state index contributed by atoms with van der Waals surface area (Å²) < 4.78 is 355. The Balaban J connectivity index is 0.000000370. The first kappa shape index (κ1) is 61.9. The van der Waals surface area contributed by atoms with Crippen LogP contribution in [0.2, 0.25) is 0 Å². The van der Waals surface area contributed by atoms with E-state index in [-0.39, 0.29) is 11.5 Å². The summed E-state index contributed by atoms with van der Waals surface area (Å²) in [5.74, 6) is -0.131. The van der Waals surface area contributed by atoms with E-state index in [4.69, 9.17) is 0 Å². The largest absolute Gasteiger partial charge is 0.416 e. The van der Waals surface area contributed by atoms with Gasteiger partial charge in [0.1, 0.15) is 6.15 Å². The molecule has 0 saturated carbocycles. The Hall–Kier alpha value is -7.26. The Morgan fingerprint density at radius 2 is 0.487 bits per heavy atom. The average Bonchev–Trinajstić information content (AvgIpc) is 3.48. The molecule has 0 N–H and O–H groups in total. The standard InChI is InChI=1S/C32H12BF24.C20H17O2S/c34-25(35,36)13-1-14(26(37,38)39)6-21(5-13)33(22-7-15(27(40,41)42)2-16(8-22)28(43,44)45,23-9-17(29(46,47)48)3-18(10-23)30(49,50)51)24-11-19(31(52,53)54)4-20(12-24)32(55,56)57;21-20(17-10-4-1-5-11-17)16-23(22,18-12-6-2-7-13-18)19-14-8-3-9-15-19/h1-12H;1-15H,16H2/q-1;+1. The van der Waals surface area contributed by atoms with Crippen LogP contribution in [-0.4, -0.2) is 17.7 Å². The van der Waals surface area contributed by atoms with Gasteiger partial charge in [0, 0.05) is 5.56 Å². The molecule has 7 rings (SSSR count). The molecule has 80 heavy (non-hydrogen) atoms. The fourth-order valence-electron chi connectivity index (χ4n) is 8.55. The third-order valence-corrected chi connectivity index (χ3v) is 14.9. The Morgan fingerprint density at radius 1 is 0.300 bits per heavy atom. The lowest BCUT2D eigenvalue weighted by atomic mass is 9.12. The van der Waals surface area contributed by atoms with E-state index in [9.17, 15) is 114 Å². The predicted octanol–water partition coefficient (Wildman–Crippen LogP) is 15.7. The number of hydrogen-bond acceptors (Lipinski definition) is 2. The summed E-state index contributed by atoms with van der Waals surface area (Å²) in [6.45, 7) is 0. The van der Waals surface area contributed by atoms with Gasteiger partial charge in [-0.05, 0) is 48.5 Å². The number of Topliss-reactive ketones (excluding diaryl/α,β-unsaturated/α-hetero) is 1. The minimum atomic E-state index is -6.13. The maximum absolute atomic E-state index is 14.2. The van der Waals surface area contributed by atoms with E-state index in [0.717, 1.165) is 0 Å². The highest BCUT2D eigenvalue weighted by atomic mass is 32.2. The van der Waals surface area contributed by atoms with Gasteiger partial charge in [-0.1, -0.05) is 119 Å². The second kappa shape index (κ2) is 21.7. The highest BCUT2D eigenvalue weighted by Crippen LogP contribution is 2.42. The second-order valence-corrected chi connectivity index (χ2v) is 20.0. The Kier molecular flexibility index (Phi) is 16.8. The minimum Gasteiger partial charge on any atom is -0.289 e. The Labute approximate surface area is 436 Å². The minimum absolute atomic E-state index is 0.0228. The van der Waals surface area contributed by atoms with Crippen molar-refractivity contribution in [2.24, 2.45) is 0 Å². The van der Waals surface area contributed by atoms with Crippen molar-refractivity contribution in [2.45, 2.75) is 59.2 Å². The highest BCUT2D eigenvalue weighted by molar-refractivity contribution is 8.03. The monoisotopic (exact) mass is 1180 g/mol. The zero-order chi connectivity index (χ0) is 60.0. The molecular formula is C52H29BF24O2S. The molecule has 0 saturated heterocycles. The third-order valence-electron chi connectivity index (χ3n) is 12.1. The van der Waals surface area contributed by atoms with E-state index in [0.29, 0.717) is 15.4 Å². The molecule has 7 aromatic rings. The van der Waals surface area contributed by atoms with Crippen molar-refractivity contribution < 1.29 is 114 Å². The lowest BCUT2D eigenvalue weighted by Crippen LogP contribution is -2.75. The second-order valence-electron chi connectivity index (χ2n) is 17.5. The lowest BCUT2D eigenvalue weighted by Gasteiger charge is -2.46. The van der Waals surface area contributed by atoms with Crippen LogP contribution in [0.15, 0.2) is 174 Å². The van der Waals surface area contributed by atoms with Gasteiger partial charge in [-0.2, -0.15) is 127 Å². The van der Waals surface area contributed by atoms with Crippen molar-refractivity contribution in [3.05, 3.63) is 214 Å². The zero-order valence-electron chi connectivity index (χ0n) is 39.2. The van der Waals surface area contributed by atoms with Gasteiger partial charge in [0.15, 0.2) is 25.5 Å². The van der Waals surface area contributed by atoms with Crippen LogP contribution in [0, 0.1) is 0 Å². The summed E-state index contributed by atoms with van der Waals surface area (Å²) in [5, 5.41) is 0. The average molecular weight is 1180 g/mol. The molecule has 0 spiro atoms. The van der Waals surface area contributed by atoms with E-state index in [1.165, 1.54) is 0 Å². The van der Waals surface area contributed by atoms with Crippen molar-refractivity contribution in [2.75, 3.05) is 5.75 Å². The van der Waals surface area contributed by atoms with Gasteiger partial charge in [-0.3, -0.25) is 4.79 Å². The van der Waals surface area contributed by atoms with Crippen LogP contribution >= 0.6 is 0 Å². The van der Waals surface area contributed by atoms with E-state index in [2.05, 4.69) is 0 Å². The van der Waals surface area contributed by atoms with Gasteiger partial charge < -0.3 is 0 Å². The zero-order valence-corrected chi connectivity index (χ0v) is 40.0. The van der Waals surface area contributed by atoms with E-state index in [1.54, 1.807) is 12.1 Å². The van der Waals surface area contributed by atoms with Crippen molar-refractivity contribution in [1.29, 1.82) is 0 Å². The molecule has 0 aliphatic rings. The van der Waals surface area contributed by atoms with Crippen LogP contribution in [0.4, 0.5) is 105 Å². The predicted molar refractivity (Wildman–Crippen MR) is 243 cm³/mol. The lowest BCUT2D eigenvalue weighted by molar-refractivity contribution is -0.144. The highest BCUT2D eigenvalue weighted by Gasteiger charge is 2.47. The molecule has 0 unspecified atom stereocenters. The Bertz CT molecular complexity index is 2910. The molecule has 0 aliphatic carbocycles. The van der Waals surface area contributed by atoms with Gasteiger partial charge >= 0.3 is 49.4 Å².